The van der Waals surface area contributed by atoms with Crippen molar-refractivity contribution in [3.05, 3.63) is 63.9 Å². The largest absolute Gasteiger partial charge is 0.380 e. The summed E-state index contributed by atoms with van der Waals surface area (Å²) in [5, 5.41) is 3.35. The SMILES string of the molecule is Cc1cccc(NCc2c(F)cccc2Cl)c1C(N)=O. The van der Waals surface area contributed by atoms with Gasteiger partial charge in [-0.05, 0) is 30.7 Å². The number of nitrogens with two attached hydrogens (primary N) is 1. The van der Waals surface area contributed by atoms with E-state index in [1.807, 2.05) is 0 Å². The van der Waals surface area contributed by atoms with Crippen LogP contribution < -0.4 is 11.1 Å². The summed E-state index contributed by atoms with van der Waals surface area (Å²) in [5.74, 6) is -0.913. The Kier molecular flexibility index (Phi) is 4.25. The lowest BCUT2D eigenvalue weighted by Gasteiger charge is -2.13. The lowest BCUT2D eigenvalue weighted by atomic mass is 10.1. The Morgan fingerprint density at radius 3 is 2.65 bits per heavy atom. The number of amides is 1. The van der Waals surface area contributed by atoms with Gasteiger partial charge < -0.3 is 11.1 Å². The third kappa shape index (κ3) is 2.91. The second-order valence-electron chi connectivity index (χ2n) is 4.42. The number of rotatable bonds is 4. The lowest BCUT2D eigenvalue weighted by Crippen LogP contribution is -2.16. The van der Waals surface area contributed by atoms with E-state index >= 15 is 0 Å². The summed E-state index contributed by atoms with van der Waals surface area (Å²) in [7, 11) is 0. The Hall–Kier alpha value is -2.07. The third-order valence-electron chi connectivity index (χ3n) is 3.04. The molecule has 0 heterocycles. The smallest absolute Gasteiger partial charge is 0.251 e. The highest BCUT2D eigenvalue weighted by Gasteiger charge is 2.12. The molecule has 2 rings (SSSR count). The van der Waals surface area contributed by atoms with E-state index in [1.165, 1.54) is 6.07 Å². The molecule has 0 aliphatic rings. The van der Waals surface area contributed by atoms with Gasteiger partial charge >= 0.3 is 0 Å². The van der Waals surface area contributed by atoms with Crippen LogP contribution >= 0.6 is 11.6 Å². The highest BCUT2D eigenvalue weighted by molar-refractivity contribution is 6.31. The van der Waals surface area contributed by atoms with Gasteiger partial charge in [-0.2, -0.15) is 0 Å². The summed E-state index contributed by atoms with van der Waals surface area (Å²) in [5.41, 5.74) is 7.45. The number of primary amides is 1. The second-order valence-corrected chi connectivity index (χ2v) is 4.82. The zero-order chi connectivity index (χ0) is 14.7. The molecule has 0 saturated carbocycles. The van der Waals surface area contributed by atoms with Crippen LogP contribution in [-0.4, -0.2) is 5.91 Å². The first-order valence-electron chi connectivity index (χ1n) is 6.07. The molecule has 2 aromatic carbocycles. The molecule has 104 valence electrons. The minimum Gasteiger partial charge on any atom is -0.380 e. The molecule has 0 aliphatic carbocycles. The zero-order valence-electron chi connectivity index (χ0n) is 10.9. The first kappa shape index (κ1) is 14.3. The molecule has 0 atom stereocenters. The maximum Gasteiger partial charge on any atom is 0.251 e. The van der Waals surface area contributed by atoms with Crippen LogP contribution in [0.2, 0.25) is 5.02 Å². The van der Waals surface area contributed by atoms with E-state index in [0.29, 0.717) is 21.8 Å². The molecule has 0 bridgehead atoms. The van der Waals surface area contributed by atoms with Crippen molar-refractivity contribution in [3.63, 3.8) is 0 Å². The van der Waals surface area contributed by atoms with Gasteiger partial charge in [0.15, 0.2) is 0 Å². The fourth-order valence-corrected chi connectivity index (χ4v) is 2.26. The molecule has 0 fully saturated rings. The molecule has 3 N–H and O–H groups in total. The Bertz CT molecular complexity index is 638. The Morgan fingerprint density at radius 1 is 1.30 bits per heavy atom. The molecule has 3 nitrogen and oxygen atoms in total. The first-order chi connectivity index (χ1) is 9.50. The predicted octanol–water partition coefficient (Wildman–Crippen LogP) is 3.50. The van der Waals surface area contributed by atoms with Crippen LogP contribution in [-0.2, 0) is 6.54 Å². The molecular formula is C15H14ClFN2O. The second kappa shape index (κ2) is 5.92. The van der Waals surface area contributed by atoms with Crippen LogP contribution in [0, 0.1) is 12.7 Å². The van der Waals surface area contributed by atoms with Gasteiger partial charge in [0.05, 0.1) is 5.56 Å². The van der Waals surface area contributed by atoms with E-state index in [-0.39, 0.29) is 6.54 Å². The summed E-state index contributed by atoms with van der Waals surface area (Å²) in [6.07, 6.45) is 0. The van der Waals surface area contributed by atoms with E-state index in [4.69, 9.17) is 17.3 Å². The Labute approximate surface area is 121 Å². The lowest BCUT2D eigenvalue weighted by molar-refractivity contribution is 0.100. The summed E-state index contributed by atoms with van der Waals surface area (Å²) >= 11 is 5.96. The topological polar surface area (TPSA) is 55.1 Å². The first-order valence-corrected chi connectivity index (χ1v) is 6.44. The maximum absolute atomic E-state index is 13.7. The standard InChI is InChI=1S/C15H14ClFN2O/c1-9-4-2-7-13(14(9)15(18)20)19-8-10-11(16)5-3-6-12(10)17/h2-7,19H,8H2,1H3,(H2,18,20). The minimum absolute atomic E-state index is 0.176. The van der Waals surface area contributed by atoms with Crippen LogP contribution in [0.25, 0.3) is 0 Å². The van der Waals surface area contributed by atoms with Crippen molar-refractivity contribution in [2.75, 3.05) is 5.32 Å². The molecule has 20 heavy (non-hydrogen) atoms. The molecule has 0 aromatic heterocycles. The number of hydrogen-bond acceptors (Lipinski definition) is 2. The van der Waals surface area contributed by atoms with Gasteiger partial charge in [-0.1, -0.05) is 29.8 Å². The van der Waals surface area contributed by atoms with E-state index in [9.17, 15) is 9.18 Å². The maximum atomic E-state index is 13.7. The molecule has 0 unspecified atom stereocenters. The average Bonchev–Trinajstić information content (AvgIpc) is 2.37. The normalized spacial score (nSPS) is 10.3. The molecular weight excluding hydrogens is 279 g/mol. The number of halogens is 2. The van der Waals surface area contributed by atoms with E-state index in [2.05, 4.69) is 5.32 Å². The van der Waals surface area contributed by atoms with Crippen LogP contribution in [0.4, 0.5) is 10.1 Å². The van der Waals surface area contributed by atoms with Crippen LogP contribution in [0.5, 0.6) is 0 Å². The van der Waals surface area contributed by atoms with Gasteiger partial charge in [-0.25, -0.2) is 4.39 Å². The predicted molar refractivity (Wildman–Crippen MR) is 78.4 cm³/mol. The number of carbonyl (C=O) groups is 1. The number of benzene rings is 2. The quantitative estimate of drug-likeness (QED) is 0.906. The van der Waals surface area contributed by atoms with E-state index in [0.717, 1.165) is 5.56 Å². The van der Waals surface area contributed by atoms with E-state index < -0.39 is 11.7 Å². The van der Waals surface area contributed by atoms with Crippen molar-refractivity contribution in [2.24, 2.45) is 5.73 Å². The molecule has 0 aliphatic heterocycles. The van der Waals surface area contributed by atoms with Crippen molar-refractivity contribution in [1.82, 2.24) is 0 Å². The molecule has 1 amide bonds. The Morgan fingerprint density at radius 2 is 2.00 bits per heavy atom. The van der Waals surface area contributed by atoms with Gasteiger partial charge in [-0.3, -0.25) is 4.79 Å². The fourth-order valence-electron chi connectivity index (χ4n) is 2.03. The minimum atomic E-state index is -0.523. The molecule has 0 spiro atoms. The number of anilines is 1. The number of hydrogen-bond donors (Lipinski definition) is 2. The van der Waals surface area contributed by atoms with Crippen molar-refractivity contribution in [2.45, 2.75) is 13.5 Å². The van der Waals surface area contributed by atoms with Gasteiger partial charge in [0.1, 0.15) is 5.82 Å². The van der Waals surface area contributed by atoms with Gasteiger partial charge in [0, 0.05) is 22.8 Å². The monoisotopic (exact) mass is 292 g/mol. The molecule has 0 saturated heterocycles. The van der Waals surface area contributed by atoms with Crippen molar-refractivity contribution in [3.8, 4) is 0 Å². The van der Waals surface area contributed by atoms with Gasteiger partial charge in [-0.15, -0.1) is 0 Å². The molecule has 0 radical (unpaired) electrons. The van der Waals surface area contributed by atoms with E-state index in [1.54, 1.807) is 37.3 Å². The number of carbonyl (C=O) groups excluding carboxylic acids is 1. The Balaban J connectivity index is 2.28. The highest BCUT2D eigenvalue weighted by atomic mass is 35.5. The highest BCUT2D eigenvalue weighted by Crippen LogP contribution is 2.23. The van der Waals surface area contributed by atoms with Crippen molar-refractivity contribution >= 4 is 23.2 Å². The summed E-state index contributed by atoms with van der Waals surface area (Å²) in [4.78, 5) is 11.5. The van der Waals surface area contributed by atoms with Crippen LogP contribution in [0.15, 0.2) is 36.4 Å². The summed E-state index contributed by atoms with van der Waals surface area (Å²) < 4.78 is 13.7. The number of aryl methyl sites for hydroxylation is 1. The third-order valence-corrected chi connectivity index (χ3v) is 3.39. The summed E-state index contributed by atoms with van der Waals surface area (Å²) in [6, 6.07) is 9.82. The number of nitrogens with one attached hydrogen (secondary N) is 1. The average molecular weight is 293 g/mol. The molecule has 5 heteroatoms. The molecule has 2 aromatic rings. The van der Waals surface area contributed by atoms with Gasteiger partial charge in [0.25, 0.3) is 5.91 Å². The van der Waals surface area contributed by atoms with Crippen molar-refractivity contribution < 1.29 is 9.18 Å². The zero-order valence-corrected chi connectivity index (χ0v) is 11.7. The fraction of sp³-hybridized carbons (Fsp3) is 0.133. The van der Waals surface area contributed by atoms with Crippen LogP contribution in [0.3, 0.4) is 0 Å². The van der Waals surface area contributed by atoms with Gasteiger partial charge in [0.2, 0.25) is 0 Å². The van der Waals surface area contributed by atoms with Crippen LogP contribution in [0.1, 0.15) is 21.5 Å². The van der Waals surface area contributed by atoms with Crippen molar-refractivity contribution in [1.29, 1.82) is 0 Å². The summed E-state index contributed by atoms with van der Waals surface area (Å²) in [6.45, 7) is 1.97.